The Morgan fingerprint density at radius 1 is 1.11 bits per heavy atom. The second kappa shape index (κ2) is 8.18. The normalized spacial score (nSPS) is 10.6. The SMILES string of the molecule is COc1cc(NC(=O)Cn2cnc3ccc(Cl)cc3c2=O)cc(OC)c1OC. The molecule has 1 amide bonds. The van der Waals surface area contributed by atoms with E-state index in [1.807, 2.05) is 0 Å². The number of nitrogens with zero attached hydrogens (tertiary/aromatic N) is 2. The summed E-state index contributed by atoms with van der Waals surface area (Å²) in [4.78, 5) is 29.2. The van der Waals surface area contributed by atoms with Gasteiger partial charge in [0.25, 0.3) is 5.56 Å². The number of halogens is 1. The van der Waals surface area contributed by atoms with Crippen molar-refractivity contribution in [1.29, 1.82) is 0 Å². The van der Waals surface area contributed by atoms with E-state index in [0.29, 0.717) is 38.9 Å². The van der Waals surface area contributed by atoms with Crippen LogP contribution in [0.1, 0.15) is 0 Å². The van der Waals surface area contributed by atoms with Gasteiger partial charge in [0.15, 0.2) is 11.5 Å². The Morgan fingerprint density at radius 3 is 2.39 bits per heavy atom. The Bertz CT molecular complexity index is 1070. The summed E-state index contributed by atoms with van der Waals surface area (Å²) in [6.45, 7) is -0.217. The Kier molecular flexibility index (Phi) is 5.70. The van der Waals surface area contributed by atoms with Crippen LogP contribution < -0.4 is 25.1 Å². The minimum Gasteiger partial charge on any atom is -0.493 e. The van der Waals surface area contributed by atoms with Crippen LogP contribution in [0, 0.1) is 0 Å². The van der Waals surface area contributed by atoms with E-state index in [9.17, 15) is 9.59 Å². The molecule has 0 saturated carbocycles. The lowest BCUT2D eigenvalue weighted by Gasteiger charge is -2.15. The number of hydrogen-bond donors (Lipinski definition) is 1. The first-order valence-electron chi connectivity index (χ1n) is 8.21. The number of methoxy groups -OCH3 is 3. The van der Waals surface area contributed by atoms with Gasteiger partial charge >= 0.3 is 0 Å². The third-order valence-corrected chi connectivity index (χ3v) is 4.28. The summed E-state index contributed by atoms with van der Waals surface area (Å²) >= 11 is 5.95. The van der Waals surface area contributed by atoms with E-state index in [2.05, 4.69) is 10.3 Å². The molecule has 28 heavy (non-hydrogen) atoms. The van der Waals surface area contributed by atoms with Gasteiger partial charge in [0.1, 0.15) is 6.54 Å². The van der Waals surface area contributed by atoms with Crippen LogP contribution in [0.4, 0.5) is 5.69 Å². The van der Waals surface area contributed by atoms with Crippen molar-refractivity contribution in [3.05, 3.63) is 52.0 Å². The maximum atomic E-state index is 12.6. The number of hydrogen-bond acceptors (Lipinski definition) is 6. The minimum atomic E-state index is -0.417. The predicted molar refractivity (Wildman–Crippen MR) is 106 cm³/mol. The Hall–Kier alpha value is -3.26. The molecule has 3 aromatic rings. The molecular formula is C19H18ClN3O5. The molecule has 1 heterocycles. The maximum absolute atomic E-state index is 12.6. The van der Waals surface area contributed by atoms with Crippen molar-refractivity contribution in [2.24, 2.45) is 0 Å². The molecule has 0 saturated heterocycles. The number of carbonyl (C=O) groups is 1. The molecule has 0 bridgehead atoms. The first-order chi connectivity index (χ1) is 13.5. The molecule has 0 aliphatic heterocycles. The monoisotopic (exact) mass is 403 g/mol. The largest absolute Gasteiger partial charge is 0.493 e. The molecular weight excluding hydrogens is 386 g/mol. The van der Waals surface area contributed by atoms with E-state index < -0.39 is 5.91 Å². The lowest BCUT2D eigenvalue weighted by atomic mass is 10.2. The molecule has 8 nitrogen and oxygen atoms in total. The number of carbonyl (C=O) groups excluding carboxylic acids is 1. The van der Waals surface area contributed by atoms with Gasteiger partial charge in [-0.15, -0.1) is 0 Å². The molecule has 2 aromatic carbocycles. The summed E-state index contributed by atoms with van der Waals surface area (Å²) in [7, 11) is 4.45. The number of fused-ring (bicyclic) bond motifs is 1. The van der Waals surface area contributed by atoms with Crippen molar-refractivity contribution < 1.29 is 19.0 Å². The van der Waals surface area contributed by atoms with Crippen LogP contribution in [0.3, 0.4) is 0 Å². The number of benzene rings is 2. The van der Waals surface area contributed by atoms with Gasteiger partial charge in [-0.3, -0.25) is 14.2 Å². The highest BCUT2D eigenvalue weighted by Gasteiger charge is 2.15. The van der Waals surface area contributed by atoms with Crippen LogP contribution in [0.5, 0.6) is 17.2 Å². The molecule has 0 radical (unpaired) electrons. The van der Waals surface area contributed by atoms with Gasteiger partial charge in [0.05, 0.1) is 38.6 Å². The van der Waals surface area contributed by atoms with Crippen molar-refractivity contribution >= 4 is 34.1 Å². The van der Waals surface area contributed by atoms with Gasteiger partial charge in [-0.1, -0.05) is 11.6 Å². The topological polar surface area (TPSA) is 91.7 Å². The van der Waals surface area contributed by atoms with Crippen molar-refractivity contribution in [3.63, 3.8) is 0 Å². The molecule has 0 atom stereocenters. The van der Waals surface area contributed by atoms with E-state index in [1.54, 1.807) is 24.3 Å². The first-order valence-corrected chi connectivity index (χ1v) is 8.59. The van der Waals surface area contributed by atoms with Crippen LogP contribution in [-0.2, 0) is 11.3 Å². The summed E-state index contributed by atoms with van der Waals surface area (Å²) in [6, 6.07) is 8.03. The van der Waals surface area contributed by atoms with Crippen molar-refractivity contribution in [2.75, 3.05) is 26.6 Å². The van der Waals surface area contributed by atoms with Crippen LogP contribution in [0.15, 0.2) is 41.5 Å². The standard InChI is InChI=1S/C19H18ClN3O5/c1-26-15-7-12(8-16(27-2)18(15)28-3)22-17(24)9-23-10-21-14-5-4-11(20)6-13(14)19(23)25/h4-8,10H,9H2,1-3H3,(H,22,24). The summed E-state index contributed by atoms with van der Waals surface area (Å²) in [5.41, 5.74) is 0.590. The van der Waals surface area contributed by atoms with E-state index in [1.165, 1.54) is 38.3 Å². The number of anilines is 1. The second-order valence-corrected chi connectivity index (χ2v) is 6.24. The van der Waals surface area contributed by atoms with Gasteiger partial charge in [-0.2, -0.15) is 0 Å². The van der Waals surface area contributed by atoms with Crippen molar-refractivity contribution in [1.82, 2.24) is 9.55 Å². The lowest BCUT2D eigenvalue weighted by molar-refractivity contribution is -0.116. The molecule has 0 fully saturated rings. The van der Waals surface area contributed by atoms with Gasteiger partial charge in [0, 0.05) is 22.8 Å². The molecule has 0 unspecified atom stereocenters. The Morgan fingerprint density at radius 2 is 1.79 bits per heavy atom. The predicted octanol–water partition coefficient (Wildman–Crippen LogP) is 2.71. The molecule has 0 spiro atoms. The third-order valence-electron chi connectivity index (χ3n) is 4.05. The fourth-order valence-electron chi connectivity index (χ4n) is 2.75. The Labute approximate surface area is 165 Å². The highest BCUT2D eigenvalue weighted by atomic mass is 35.5. The number of ether oxygens (including phenoxy) is 3. The second-order valence-electron chi connectivity index (χ2n) is 5.80. The zero-order valence-corrected chi connectivity index (χ0v) is 16.2. The Balaban J connectivity index is 1.86. The molecule has 146 valence electrons. The van der Waals surface area contributed by atoms with Crippen LogP contribution in [0.25, 0.3) is 10.9 Å². The number of rotatable bonds is 6. The molecule has 3 rings (SSSR count). The van der Waals surface area contributed by atoms with Gasteiger partial charge in [-0.05, 0) is 18.2 Å². The van der Waals surface area contributed by atoms with E-state index in [4.69, 9.17) is 25.8 Å². The number of amides is 1. The molecule has 1 N–H and O–H groups in total. The first kappa shape index (κ1) is 19.5. The minimum absolute atomic E-state index is 0.217. The smallest absolute Gasteiger partial charge is 0.261 e. The molecule has 0 aliphatic rings. The highest BCUT2D eigenvalue weighted by Crippen LogP contribution is 2.39. The average Bonchev–Trinajstić information content (AvgIpc) is 2.69. The maximum Gasteiger partial charge on any atom is 0.261 e. The lowest BCUT2D eigenvalue weighted by Crippen LogP contribution is -2.27. The van der Waals surface area contributed by atoms with Crippen LogP contribution in [0.2, 0.25) is 5.02 Å². The summed E-state index contributed by atoms with van der Waals surface area (Å²) in [6.07, 6.45) is 1.33. The summed E-state index contributed by atoms with van der Waals surface area (Å²) in [5.74, 6) is 0.794. The average molecular weight is 404 g/mol. The fourth-order valence-corrected chi connectivity index (χ4v) is 2.92. The van der Waals surface area contributed by atoms with Crippen LogP contribution in [-0.4, -0.2) is 36.8 Å². The highest BCUT2D eigenvalue weighted by molar-refractivity contribution is 6.31. The number of nitrogens with one attached hydrogen (secondary N) is 1. The molecule has 9 heteroatoms. The van der Waals surface area contributed by atoms with Crippen molar-refractivity contribution in [2.45, 2.75) is 6.54 Å². The zero-order chi connectivity index (χ0) is 20.3. The quantitative estimate of drug-likeness (QED) is 0.680. The third kappa shape index (κ3) is 3.86. The summed E-state index contributed by atoms with van der Waals surface area (Å²) < 4.78 is 17.0. The number of aromatic nitrogens is 2. The van der Waals surface area contributed by atoms with Crippen LogP contribution >= 0.6 is 11.6 Å². The molecule has 0 aliphatic carbocycles. The van der Waals surface area contributed by atoms with Gasteiger partial charge in [0.2, 0.25) is 11.7 Å². The zero-order valence-electron chi connectivity index (χ0n) is 15.5. The summed E-state index contributed by atoms with van der Waals surface area (Å²) in [5, 5.41) is 3.48. The van der Waals surface area contributed by atoms with E-state index in [-0.39, 0.29) is 12.1 Å². The van der Waals surface area contributed by atoms with E-state index in [0.717, 1.165) is 0 Å². The molecule has 1 aromatic heterocycles. The van der Waals surface area contributed by atoms with E-state index >= 15 is 0 Å². The fraction of sp³-hybridized carbons (Fsp3) is 0.211. The van der Waals surface area contributed by atoms with Gasteiger partial charge < -0.3 is 19.5 Å². The van der Waals surface area contributed by atoms with Crippen molar-refractivity contribution in [3.8, 4) is 17.2 Å². The van der Waals surface area contributed by atoms with Gasteiger partial charge in [-0.25, -0.2) is 4.98 Å².